The van der Waals surface area contributed by atoms with Gasteiger partial charge in [-0.25, -0.2) is 9.59 Å². The molecule has 6 fully saturated rings. The highest BCUT2D eigenvalue weighted by atomic mass is 16.6. The average Bonchev–Trinajstić information content (AvgIpc) is 3.21. The van der Waals surface area contributed by atoms with Crippen LogP contribution in [0.2, 0.25) is 0 Å². The molecule has 7 heteroatoms. The smallest absolute Gasteiger partial charge is 0.410 e. The molecule has 1 aromatic rings. The second-order valence-corrected chi connectivity index (χ2v) is 12.3. The molecule has 7 nitrogen and oxygen atoms in total. The third kappa shape index (κ3) is 3.75. The Kier molecular flexibility index (Phi) is 4.87. The lowest BCUT2D eigenvalue weighted by Gasteiger charge is -2.45. The van der Waals surface area contributed by atoms with Crippen molar-refractivity contribution in [3.63, 3.8) is 0 Å². The summed E-state index contributed by atoms with van der Waals surface area (Å²) in [4.78, 5) is 28.0. The van der Waals surface area contributed by atoms with Crippen LogP contribution in [-0.2, 0) is 14.9 Å². The molecule has 1 saturated heterocycles. The predicted octanol–water partition coefficient (Wildman–Crippen LogP) is 5.33. The van der Waals surface area contributed by atoms with Crippen molar-refractivity contribution in [1.82, 2.24) is 10.1 Å². The fraction of sp³-hybridized carbons (Fsp3) is 0.808. The molecule has 1 aliphatic heterocycles. The molecule has 3 atom stereocenters. The second-order valence-electron chi connectivity index (χ2n) is 12.3. The summed E-state index contributed by atoms with van der Waals surface area (Å²) in [5.41, 5.74) is 1.00. The minimum Gasteiger partial charge on any atom is -0.458 e. The first-order valence-corrected chi connectivity index (χ1v) is 12.9. The van der Waals surface area contributed by atoms with Gasteiger partial charge in [-0.05, 0) is 84.5 Å². The van der Waals surface area contributed by atoms with E-state index in [0.29, 0.717) is 24.4 Å². The van der Waals surface area contributed by atoms with Crippen LogP contribution in [0, 0.1) is 11.8 Å². The molecular formula is C26H36N2O5. The molecule has 5 aliphatic carbocycles. The number of hydrogen-bond donors (Lipinski definition) is 0. The van der Waals surface area contributed by atoms with E-state index in [2.05, 4.69) is 5.16 Å². The molecule has 0 unspecified atom stereocenters. The van der Waals surface area contributed by atoms with E-state index in [-0.39, 0.29) is 35.5 Å². The van der Waals surface area contributed by atoms with Crippen molar-refractivity contribution in [1.29, 1.82) is 0 Å². The summed E-state index contributed by atoms with van der Waals surface area (Å²) in [6.45, 7) is 6.25. The first kappa shape index (κ1) is 21.5. The average molecular weight is 457 g/mol. The Morgan fingerprint density at radius 2 is 1.76 bits per heavy atom. The zero-order chi connectivity index (χ0) is 23.0. The van der Waals surface area contributed by atoms with Gasteiger partial charge in [0, 0.05) is 36.3 Å². The van der Waals surface area contributed by atoms with E-state index in [9.17, 15) is 9.59 Å². The number of hydrogen-bond acceptors (Lipinski definition) is 6. The lowest BCUT2D eigenvalue weighted by Crippen LogP contribution is -2.45. The first-order valence-electron chi connectivity index (χ1n) is 12.9. The molecular weight excluding hydrogens is 420 g/mol. The van der Waals surface area contributed by atoms with Gasteiger partial charge in [-0.15, -0.1) is 0 Å². The van der Waals surface area contributed by atoms with Crippen molar-refractivity contribution in [3.8, 4) is 0 Å². The Labute approximate surface area is 195 Å². The molecule has 180 valence electrons. The van der Waals surface area contributed by atoms with Crippen molar-refractivity contribution < 1.29 is 23.6 Å². The fourth-order valence-corrected chi connectivity index (χ4v) is 6.88. The van der Waals surface area contributed by atoms with E-state index in [1.54, 1.807) is 0 Å². The summed E-state index contributed by atoms with van der Waals surface area (Å²) in [6, 6.07) is 0.0831. The van der Waals surface area contributed by atoms with Gasteiger partial charge in [-0.3, -0.25) is 0 Å². The SMILES string of the molecule is CC(C)(C)OC(=O)N1C[C@@H]2C[C@H]1C[C@H]2OC(=O)c1c(C23CCC(CC2)CC3)noc1C1CC1. The third-order valence-electron chi connectivity index (χ3n) is 8.83. The van der Waals surface area contributed by atoms with Gasteiger partial charge in [0.1, 0.15) is 23.0 Å². The summed E-state index contributed by atoms with van der Waals surface area (Å²) >= 11 is 0. The Hall–Kier alpha value is -2.05. The number of fused-ring (bicyclic) bond motifs is 5. The lowest BCUT2D eigenvalue weighted by molar-refractivity contribution is -0.00638. The molecule has 1 aromatic heterocycles. The zero-order valence-electron chi connectivity index (χ0n) is 20.1. The van der Waals surface area contributed by atoms with Gasteiger partial charge in [0.2, 0.25) is 0 Å². The number of aromatic nitrogens is 1. The molecule has 6 aliphatic rings. The number of nitrogens with zero attached hydrogens (tertiary/aromatic N) is 2. The maximum Gasteiger partial charge on any atom is 0.410 e. The highest BCUT2D eigenvalue weighted by Crippen LogP contribution is 2.54. The molecule has 5 saturated carbocycles. The van der Waals surface area contributed by atoms with E-state index in [1.807, 2.05) is 25.7 Å². The van der Waals surface area contributed by atoms with Crippen LogP contribution in [0.15, 0.2) is 4.52 Å². The van der Waals surface area contributed by atoms with Crippen LogP contribution in [0.4, 0.5) is 4.79 Å². The van der Waals surface area contributed by atoms with Crippen molar-refractivity contribution in [2.75, 3.05) is 6.54 Å². The Morgan fingerprint density at radius 1 is 1.06 bits per heavy atom. The van der Waals surface area contributed by atoms with Crippen molar-refractivity contribution in [2.45, 2.75) is 114 Å². The fourth-order valence-electron chi connectivity index (χ4n) is 6.88. The standard InChI is InChI=1S/C26H36N2O5/c1-25(2,3)32-24(30)28-14-17-12-18(28)13-19(17)31-23(29)20-21(16-4-5-16)33-27-22(20)26-9-6-15(7-10-26)8-11-26/h15-19H,4-14H2,1-3H3/t15?,17-,18-,19+,26?/m0/s1. The zero-order valence-corrected chi connectivity index (χ0v) is 20.1. The number of rotatable bonds is 4. The van der Waals surface area contributed by atoms with Crippen LogP contribution in [0.1, 0.15) is 113 Å². The van der Waals surface area contributed by atoms with E-state index in [0.717, 1.165) is 55.9 Å². The lowest BCUT2D eigenvalue weighted by atomic mass is 9.59. The number of carbonyl (C=O) groups excluding carboxylic acids is 2. The van der Waals surface area contributed by atoms with Crippen LogP contribution in [0.5, 0.6) is 0 Å². The van der Waals surface area contributed by atoms with Crippen LogP contribution in [0.3, 0.4) is 0 Å². The number of carbonyl (C=O) groups is 2. The van der Waals surface area contributed by atoms with Gasteiger partial charge in [0.25, 0.3) is 0 Å². The van der Waals surface area contributed by atoms with Crippen LogP contribution >= 0.6 is 0 Å². The molecule has 2 heterocycles. The number of likely N-dealkylation sites (tertiary alicyclic amines) is 1. The monoisotopic (exact) mass is 456 g/mol. The topological polar surface area (TPSA) is 81.9 Å². The van der Waals surface area contributed by atoms with Gasteiger partial charge in [0.15, 0.2) is 5.76 Å². The van der Waals surface area contributed by atoms with Crippen molar-refractivity contribution >= 4 is 12.1 Å². The Bertz CT molecular complexity index is 937. The van der Waals surface area contributed by atoms with Crippen LogP contribution in [0.25, 0.3) is 0 Å². The first-order chi connectivity index (χ1) is 15.7. The molecule has 0 N–H and O–H groups in total. The number of esters is 1. The molecule has 1 amide bonds. The van der Waals surface area contributed by atoms with E-state index in [1.165, 1.54) is 19.3 Å². The summed E-state index contributed by atoms with van der Waals surface area (Å²) in [5.74, 6) is 1.83. The maximum atomic E-state index is 13.6. The summed E-state index contributed by atoms with van der Waals surface area (Å²) in [7, 11) is 0. The Morgan fingerprint density at radius 3 is 2.33 bits per heavy atom. The normalized spacial score (nSPS) is 35.2. The third-order valence-corrected chi connectivity index (χ3v) is 8.83. The Balaban J connectivity index is 1.18. The number of amides is 1. The van der Waals surface area contributed by atoms with Crippen molar-refractivity contribution in [3.05, 3.63) is 17.0 Å². The van der Waals surface area contributed by atoms with Crippen LogP contribution < -0.4 is 0 Å². The molecule has 7 rings (SSSR count). The minimum atomic E-state index is -0.508. The highest BCUT2D eigenvalue weighted by Gasteiger charge is 2.52. The van der Waals surface area contributed by atoms with E-state index < -0.39 is 5.60 Å². The van der Waals surface area contributed by atoms with Gasteiger partial charge in [-0.2, -0.15) is 0 Å². The van der Waals surface area contributed by atoms with Crippen molar-refractivity contribution in [2.24, 2.45) is 11.8 Å². The molecule has 0 aromatic carbocycles. The van der Waals surface area contributed by atoms with Crippen LogP contribution in [-0.4, -0.2) is 46.4 Å². The van der Waals surface area contributed by atoms with Gasteiger partial charge in [-0.1, -0.05) is 5.16 Å². The molecule has 4 bridgehead atoms. The quantitative estimate of drug-likeness (QED) is 0.570. The summed E-state index contributed by atoms with van der Waals surface area (Å²) < 4.78 is 17.6. The molecule has 0 spiro atoms. The molecule has 0 radical (unpaired) electrons. The van der Waals surface area contributed by atoms with Gasteiger partial charge in [0.05, 0.1) is 0 Å². The second kappa shape index (κ2) is 7.47. The largest absolute Gasteiger partial charge is 0.458 e. The van der Waals surface area contributed by atoms with Gasteiger partial charge >= 0.3 is 12.1 Å². The molecule has 33 heavy (non-hydrogen) atoms. The highest BCUT2D eigenvalue weighted by molar-refractivity contribution is 5.92. The predicted molar refractivity (Wildman–Crippen MR) is 120 cm³/mol. The van der Waals surface area contributed by atoms with Gasteiger partial charge < -0.3 is 18.9 Å². The maximum absolute atomic E-state index is 13.6. The summed E-state index contributed by atoms with van der Waals surface area (Å²) in [5, 5.41) is 4.54. The number of ether oxygens (including phenoxy) is 2. The van der Waals surface area contributed by atoms with E-state index in [4.69, 9.17) is 14.0 Å². The number of piperidine rings is 1. The minimum absolute atomic E-state index is 0.0120. The van der Waals surface area contributed by atoms with E-state index >= 15 is 0 Å². The summed E-state index contributed by atoms with van der Waals surface area (Å²) in [6.07, 6.45) is 10.3.